The van der Waals surface area contributed by atoms with E-state index in [4.69, 9.17) is 0 Å². The van der Waals surface area contributed by atoms with Gasteiger partial charge in [-0.2, -0.15) is 0 Å². The van der Waals surface area contributed by atoms with Crippen LogP contribution in [0.2, 0.25) is 0 Å². The summed E-state index contributed by atoms with van der Waals surface area (Å²) in [6.07, 6.45) is 9.04. The Hall–Kier alpha value is -1.10. The molecular formula is C20H35N3O2. The van der Waals surface area contributed by atoms with Gasteiger partial charge in [0.25, 0.3) is 0 Å². The Kier molecular flexibility index (Phi) is 6.03. The highest BCUT2D eigenvalue weighted by molar-refractivity contribution is 5.81. The number of nitrogens with one attached hydrogen (secondary N) is 1. The van der Waals surface area contributed by atoms with Crippen molar-refractivity contribution in [1.82, 2.24) is 15.1 Å². The summed E-state index contributed by atoms with van der Waals surface area (Å²) in [4.78, 5) is 29.4. The third-order valence-electron chi connectivity index (χ3n) is 6.59. The average molecular weight is 350 g/mol. The van der Waals surface area contributed by atoms with Crippen molar-refractivity contribution >= 4 is 11.8 Å². The van der Waals surface area contributed by atoms with E-state index in [1.165, 1.54) is 32.1 Å². The van der Waals surface area contributed by atoms with E-state index in [1.807, 2.05) is 4.90 Å². The molecule has 1 aliphatic carbocycles. The fourth-order valence-electron chi connectivity index (χ4n) is 4.67. The Bertz CT molecular complexity index is 479. The molecule has 5 nitrogen and oxygen atoms in total. The molecule has 2 aliphatic heterocycles. The Morgan fingerprint density at radius 1 is 1.08 bits per heavy atom. The molecule has 5 heteroatoms. The zero-order chi connectivity index (χ0) is 17.9. The van der Waals surface area contributed by atoms with Gasteiger partial charge in [0, 0.05) is 31.1 Å². The number of hydrogen-bond acceptors (Lipinski definition) is 3. The van der Waals surface area contributed by atoms with E-state index < -0.39 is 0 Å². The van der Waals surface area contributed by atoms with Gasteiger partial charge in [-0.05, 0) is 63.8 Å². The summed E-state index contributed by atoms with van der Waals surface area (Å²) >= 11 is 0. The van der Waals surface area contributed by atoms with Crippen molar-refractivity contribution in [3.8, 4) is 0 Å². The normalized spacial score (nSPS) is 23.9. The molecule has 0 aromatic heterocycles. The van der Waals surface area contributed by atoms with Crippen LogP contribution in [-0.4, -0.2) is 59.9 Å². The monoisotopic (exact) mass is 349 g/mol. The Morgan fingerprint density at radius 2 is 1.76 bits per heavy atom. The zero-order valence-electron chi connectivity index (χ0n) is 16.1. The lowest BCUT2D eigenvalue weighted by atomic mass is 9.75. The third kappa shape index (κ3) is 4.36. The standard InChI is InChI=1S/C20H35N3O2/c1-16(2)5-11-21-19(25)17-6-13-22(14-7-17)18(24)15-23-12-4-10-20(23)8-3-9-20/h16-17H,3-15H2,1-2H3,(H,21,25). The highest BCUT2D eigenvalue weighted by atomic mass is 16.2. The van der Waals surface area contributed by atoms with Crippen molar-refractivity contribution in [3.63, 3.8) is 0 Å². The lowest BCUT2D eigenvalue weighted by Crippen LogP contribution is -2.54. The number of likely N-dealkylation sites (tertiary alicyclic amines) is 2. The average Bonchev–Trinajstić information content (AvgIpc) is 2.98. The first-order chi connectivity index (χ1) is 12.0. The quantitative estimate of drug-likeness (QED) is 0.801. The van der Waals surface area contributed by atoms with Gasteiger partial charge in [0.05, 0.1) is 6.54 Å². The lowest BCUT2D eigenvalue weighted by Gasteiger charge is -2.46. The molecule has 0 aromatic rings. The number of nitrogens with zero attached hydrogens (tertiary/aromatic N) is 2. The van der Waals surface area contributed by atoms with Crippen LogP contribution < -0.4 is 5.32 Å². The molecule has 0 aromatic carbocycles. The van der Waals surface area contributed by atoms with Crippen molar-refractivity contribution in [1.29, 1.82) is 0 Å². The topological polar surface area (TPSA) is 52.7 Å². The number of carbonyl (C=O) groups is 2. The zero-order valence-corrected chi connectivity index (χ0v) is 16.1. The largest absolute Gasteiger partial charge is 0.356 e. The van der Waals surface area contributed by atoms with Crippen LogP contribution >= 0.6 is 0 Å². The van der Waals surface area contributed by atoms with Gasteiger partial charge in [-0.3, -0.25) is 14.5 Å². The molecule has 0 unspecified atom stereocenters. The molecule has 3 aliphatic rings. The highest BCUT2D eigenvalue weighted by Gasteiger charge is 2.46. The first-order valence-electron chi connectivity index (χ1n) is 10.3. The summed E-state index contributed by atoms with van der Waals surface area (Å²) in [7, 11) is 0. The maximum absolute atomic E-state index is 12.7. The molecule has 0 radical (unpaired) electrons. The van der Waals surface area contributed by atoms with Crippen LogP contribution in [-0.2, 0) is 9.59 Å². The van der Waals surface area contributed by atoms with Crippen LogP contribution in [0.5, 0.6) is 0 Å². The van der Waals surface area contributed by atoms with Crippen LogP contribution in [0.1, 0.15) is 65.2 Å². The SMILES string of the molecule is CC(C)CCNC(=O)C1CCN(C(=O)CN2CCCC23CCC3)CC1. The fourth-order valence-corrected chi connectivity index (χ4v) is 4.67. The highest BCUT2D eigenvalue weighted by Crippen LogP contribution is 2.45. The number of carbonyl (C=O) groups excluding carboxylic acids is 2. The van der Waals surface area contributed by atoms with Gasteiger partial charge in [-0.25, -0.2) is 0 Å². The summed E-state index contributed by atoms with van der Waals surface area (Å²) in [6, 6.07) is 0. The minimum atomic E-state index is 0.0842. The Labute approximate surface area is 152 Å². The van der Waals surface area contributed by atoms with Crippen molar-refractivity contribution in [2.24, 2.45) is 11.8 Å². The fraction of sp³-hybridized carbons (Fsp3) is 0.900. The lowest BCUT2D eigenvalue weighted by molar-refractivity contribution is -0.138. The summed E-state index contributed by atoms with van der Waals surface area (Å²) in [5, 5.41) is 3.06. The summed E-state index contributed by atoms with van der Waals surface area (Å²) in [5.41, 5.74) is 0.365. The second-order valence-electron chi connectivity index (χ2n) is 8.73. The van der Waals surface area contributed by atoms with Crippen LogP contribution in [0.4, 0.5) is 0 Å². The maximum Gasteiger partial charge on any atom is 0.236 e. The molecule has 1 spiro atoms. The number of amides is 2. The predicted molar refractivity (Wildman–Crippen MR) is 99.2 cm³/mol. The summed E-state index contributed by atoms with van der Waals surface area (Å²) < 4.78 is 0. The van der Waals surface area contributed by atoms with E-state index in [2.05, 4.69) is 24.1 Å². The summed E-state index contributed by atoms with van der Waals surface area (Å²) in [6.45, 7) is 8.26. The van der Waals surface area contributed by atoms with Crippen LogP contribution in [0.15, 0.2) is 0 Å². The molecule has 3 fully saturated rings. The van der Waals surface area contributed by atoms with Crippen molar-refractivity contribution in [2.75, 3.05) is 32.7 Å². The molecule has 142 valence electrons. The summed E-state index contributed by atoms with van der Waals surface area (Å²) in [5.74, 6) is 1.15. The van der Waals surface area contributed by atoms with E-state index >= 15 is 0 Å². The van der Waals surface area contributed by atoms with Gasteiger partial charge in [0.1, 0.15) is 0 Å². The van der Waals surface area contributed by atoms with E-state index in [9.17, 15) is 9.59 Å². The molecule has 2 amide bonds. The van der Waals surface area contributed by atoms with Gasteiger partial charge >= 0.3 is 0 Å². The van der Waals surface area contributed by atoms with Crippen LogP contribution in [0, 0.1) is 11.8 Å². The van der Waals surface area contributed by atoms with Gasteiger partial charge < -0.3 is 10.2 Å². The molecule has 0 bridgehead atoms. The minimum absolute atomic E-state index is 0.0842. The van der Waals surface area contributed by atoms with E-state index in [0.717, 1.165) is 45.4 Å². The van der Waals surface area contributed by atoms with Crippen LogP contribution in [0.25, 0.3) is 0 Å². The molecule has 0 atom stereocenters. The predicted octanol–water partition coefficient (Wildman–Crippen LogP) is 2.41. The molecule has 1 saturated carbocycles. The number of hydrogen-bond donors (Lipinski definition) is 1. The minimum Gasteiger partial charge on any atom is -0.356 e. The van der Waals surface area contributed by atoms with Gasteiger partial charge in [0.2, 0.25) is 11.8 Å². The number of rotatable bonds is 6. The first kappa shape index (κ1) is 18.7. The smallest absolute Gasteiger partial charge is 0.236 e. The van der Waals surface area contributed by atoms with Crippen molar-refractivity contribution in [3.05, 3.63) is 0 Å². The third-order valence-corrected chi connectivity index (χ3v) is 6.59. The molecule has 25 heavy (non-hydrogen) atoms. The molecule has 1 N–H and O–H groups in total. The van der Waals surface area contributed by atoms with E-state index in [1.54, 1.807) is 0 Å². The first-order valence-corrected chi connectivity index (χ1v) is 10.3. The van der Waals surface area contributed by atoms with E-state index in [-0.39, 0.29) is 17.7 Å². The van der Waals surface area contributed by atoms with Gasteiger partial charge in [-0.1, -0.05) is 13.8 Å². The van der Waals surface area contributed by atoms with Crippen molar-refractivity contribution < 1.29 is 9.59 Å². The number of piperidine rings is 1. The van der Waals surface area contributed by atoms with Gasteiger partial charge in [-0.15, -0.1) is 0 Å². The molecule has 2 saturated heterocycles. The van der Waals surface area contributed by atoms with Crippen molar-refractivity contribution in [2.45, 2.75) is 70.8 Å². The maximum atomic E-state index is 12.7. The van der Waals surface area contributed by atoms with E-state index in [0.29, 0.717) is 18.0 Å². The Balaban J connectivity index is 1.39. The van der Waals surface area contributed by atoms with Crippen LogP contribution in [0.3, 0.4) is 0 Å². The Morgan fingerprint density at radius 3 is 2.36 bits per heavy atom. The van der Waals surface area contributed by atoms with Gasteiger partial charge in [0.15, 0.2) is 0 Å². The molecular weight excluding hydrogens is 314 g/mol. The second kappa shape index (κ2) is 8.07. The second-order valence-corrected chi connectivity index (χ2v) is 8.73. The molecule has 3 rings (SSSR count). The molecule has 2 heterocycles.